The van der Waals surface area contributed by atoms with E-state index in [2.05, 4.69) is 5.32 Å². The van der Waals surface area contributed by atoms with Crippen LogP contribution in [0.15, 0.2) is 84.9 Å². The Morgan fingerprint density at radius 2 is 1.44 bits per heavy atom. The van der Waals surface area contributed by atoms with E-state index in [1.807, 2.05) is 67.7 Å². The molecule has 0 fully saturated rings. The largest absolute Gasteiger partial charge is 0.492 e. The summed E-state index contributed by atoms with van der Waals surface area (Å²) in [5.41, 5.74) is 2.65. The standard InChI is InChI=1S/C25H27NO/c1-3-24(20-10-6-4-7-11-20)25(21-12-8-5-9-13-21)22-14-16-23(17-15-22)27-19-18-26-2/h4-17,26H,3,18-19H2,1-2H3/b25-24+/i1D3,3D2. The van der Waals surface area contributed by atoms with Crippen molar-refractivity contribution < 1.29 is 11.6 Å². The van der Waals surface area contributed by atoms with Crippen molar-refractivity contribution in [2.75, 3.05) is 20.2 Å². The number of hydrogen-bond acceptors (Lipinski definition) is 2. The Morgan fingerprint density at radius 3 is 2.04 bits per heavy atom. The molecule has 0 saturated heterocycles. The predicted octanol–water partition coefficient (Wildman–Crippen LogP) is 5.65. The summed E-state index contributed by atoms with van der Waals surface area (Å²) >= 11 is 0. The van der Waals surface area contributed by atoms with Crippen LogP contribution in [0.5, 0.6) is 5.75 Å². The van der Waals surface area contributed by atoms with Gasteiger partial charge in [-0.2, -0.15) is 0 Å². The highest BCUT2D eigenvalue weighted by atomic mass is 16.5. The highest BCUT2D eigenvalue weighted by molar-refractivity contribution is 5.98. The summed E-state index contributed by atoms with van der Waals surface area (Å²) in [5, 5.41) is 3.03. The van der Waals surface area contributed by atoms with Crippen LogP contribution in [0.1, 0.15) is 36.8 Å². The molecule has 27 heavy (non-hydrogen) atoms. The van der Waals surface area contributed by atoms with Crippen molar-refractivity contribution in [2.45, 2.75) is 13.2 Å². The summed E-state index contributed by atoms with van der Waals surface area (Å²) in [6.07, 6.45) is -2.58. The van der Waals surface area contributed by atoms with E-state index < -0.39 is 13.2 Å². The molecule has 2 nitrogen and oxygen atoms in total. The Labute approximate surface area is 169 Å². The second kappa shape index (κ2) is 9.75. The van der Waals surface area contributed by atoms with E-state index in [-0.39, 0.29) is 5.57 Å². The zero-order chi connectivity index (χ0) is 23.2. The van der Waals surface area contributed by atoms with Gasteiger partial charge in [0, 0.05) is 13.4 Å². The van der Waals surface area contributed by atoms with E-state index in [0.29, 0.717) is 35.6 Å². The van der Waals surface area contributed by atoms with Crippen molar-refractivity contribution in [3.8, 4) is 5.75 Å². The molecule has 2 heteroatoms. The minimum absolute atomic E-state index is 0.133. The second-order valence-electron chi connectivity index (χ2n) is 6.08. The lowest BCUT2D eigenvalue weighted by atomic mass is 9.88. The van der Waals surface area contributed by atoms with Crippen LogP contribution in [-0.2, 0) is 0 Å². The van der Waals surface area contributed by atoms with E-state index in [4.69, 9.17) is 11.6 Å². The summed E-state index contributed by atoms with van der Waals surface area (Å²) in [5.74, 6) is 0.691. The first kappa shape index (κ1) is 13.3. The van der Waals surface area contributed by atoms with Crippen LogP contribution in [0.2, 0.25) is 0 Å². The molecule has 3 rings (SSSR count). The van der Waals surface area contributed by atoms with Crippen LogP contribution in [-0.4, -0.2) is 20.2 Å². The summed E-state index contributed by atoms with van der Waals surface area (Å²) < 4.78 is 46.9. The molecular weight excluding hydrogens is 330 g/mol. The minimum Gasteiger partial charge on any atom is -0.492 e. The fourth-order valence-electron chi connectivity index (χ4n) is 2.93. The molecule has 3 aromatic carbocycles. The van der Waals surface area contributed by atoms with Gasteiger partial charge in [-0.1, -0.05) is 79.6 Å². The van der Waals surface area contributed by atoms with Gasteiger partial charge in [-0.15, -0.1) is 0 Å². The number of ether oxygens (including phenoxy) is 1. The molecule has 0 saturated carbocycles. The molecule has 0 spiro atoms. The first-order chi connectivity index (χ1) is 15.3. The molecule has 0 aliphatic heterocycles. The topological polar surface area (TPSA) is 21.3 Å². The third kappa shape index (κ3) is 4.87. The Morgan fingerprint density at radius 1 is 0.852 bits per heavy atom. The maximum absolute atomic E-state index is 8.67. The molecule has 0 heterocycles. The summed E-state index contributed by atoms with van der Waals surface area (Å²) in [6.45, 7) is -1.61. The van der Waals surface area contributed by atoms with Gasteiger partial charge in [0.1, 0.15) is 12.4 Å². The molecule has 0 atom stereocenters. The maximum Gasteiger partial charge on any atom is 0.119 e. The van der Waals surface area contributed by atoms with Gasteiger partial charge >= 0.3 is 0 Å². The smallest absolute Gasteiger partial charge is 0.119 e. The molecule has 0 aliphatic carbocycles. The van der Waals surface area contributed by atoms with Crippen LogP contribution in [0, 0.1) is 0 Å². The lowest BCUT2D eigenvalue weighted by Crippen LogP contribution is -2.15. The molecule has 0 radical (unpaired) electrons. The number of hydrogen-bond donors (Lipinski definition) is 1. The van der Waals surface area contributed by atoms with Gasteiger partial charge in [0.25, 0.3) is 0 Å². The quantitative estimate of drug-likeness (QED) is 0.413. The van der Waals surface area contributed by atoms with E-state index in [1.54, 1.807) is 24.3 Å². The lowest BCUT2D eigenvalue weighted by molar-refractivity contribution is 0.318. The highest BCUT2D eigenvalue weighted by Crippen LogP contribution is 2.34. The monoisotopic (exact) mass is 362 g/mol. The summed E-state index contributed by atoms with van der Waals surface area (Å²) in [6, 6.07) is 25.5. The van der Waals surface area contributed by atoms with Gasteiger partial charge in [-0.05, 0) is 53.4 Å². The zero-order valence-electron chi connectivity index (χ0n) is 20.4. The SMILES string of the molecule is [2H]C([2H])([2H])C([2H])([2H])/C(=C(/c1ccccc1)c1ccc(OCCNC)cc1)c1ccccc1. The average Bonchev–Trinajstić information content (AvgIpc) is 2.78. The van der Waals surface area contributed by atoms with Gasteiger partial charge in [0.05, 0.1) is 0 Å². The third-order valence-electron chi connectivity index (χ3n) is 4.26. The zero-order valence-corrected chi connectivity index (χ0v) is 15.4. The number of allylic oxidation sites excluding steroid dienone is 1. The van der Waals surface area contributed by atoms with E-state index in [1.165, 1.54) is 0 Å². The number of benzene rings is 3. The van der Waals surface area contributed by atoms with Gasteiger partial charge in [-0.25, -0.2) is 0 Å². The normalized spacial score (nSPS) is 15.5. The molecule has 3 aromatic rings. The van der Waals surface area contributed by atoms with E-state index >= 15 is 0 Å². The van der Waals surface area contributed by atoms with Gasteiger partial charge in [0.15, 0.2) is 0 Å². The maximum atomic E-state index is 8.67. The first-order valence-corrected chi connectivity index (χ1v) is 8.99. The molecular formula is C25H27NO. The summed E-state index contributed by atoms with van der Waals surface area (Å²) in [7, 11) is 1.85. The Kier molecular flexibility index (Phi) is 4.82. The number of likely N-dealkylation sites (N-methyl/N-ethyl adjacent to an activating group) is 1. The summed E-state index contributed by atoms with van der Waals surface area (Å²) in [4.78, 5) is 0. The number of nitrogens with one attached hydrogen (secondary N) is 1. The first-order valence-electron chi connectivity index (χ1n) is 11.5. The highest BCUT2D eigenvalue weighted by Gasteiger charge is 2.12. The van der Waals surface area contributed by atoms with Crippen molar-refractivity contribution in [3.05, 3.63) is 102 Å². The van der Waals surface area contributed by atoms with E-state index in [9.17, 15) is 0 Å². The van der Waals surface area contributed by atoms with Gasteiger partial charge in [-0.3, -0.25) is 0 Å². The van der Waals surface area contributed by atoms with Crippen molar-refractivity contribution in [2.24, 2.45) is 0 Å². The lowest BCUT2D eigenvalue weighted by Gasteiger charge is -2.17. The Hall–Kier alpha value is -2.84. The van der Waals surface area contributed by atoms with Crippen LogP contribution in [0.25, 0.3) is 11.1 Å². The third-order valence-corrected chi connectivity index (χ3v) is 4.26. The molecule has 0 amide bonds. The number of rotatable bonds is 8. The van der Waals surface area contributed by atoms with Gasteiger partial charge < -0.3 is 10.1 Å². The molecule has 0 bridgehead atoms. The fraction of sp³-hybridized carbons (Fsp3) is 0.200. The minimum atomic E-state index is -2.85. The van der Waals surface area contributed by atoms with Crippen LogP contribution < -0.4 is 10.1 Å². The van der Waals surface area contributed by atoms with Crippen molar-refractivity contribution in [3.63, 3.8) is 0 Å². The fourth-order valence-corrected chi connectivity index (χ4v) is 2.93. The molecule has 1 N–H and O–H groups in total. The second-order valence-corrected chi connectivity index (χ2v) is 6.08. The predicted molar refractivity (Wildman–Crippen MR) is 115 cm³/mol. The van der Waals surface area contributed by atoms with Crippen LogP contribution in [0.4, 0.5) is 0 Å². The van der Waals surface area contributed by atoms with E-state index in [0.717, 1.165) is 5.56 Å². The molecule has 0 unspecified atom stereocenters. The van der Waals surface area contributed by atoms with Crippen LogP contribution >= 0.6 is 0 Å². The van der Waals surface area contributed by atoms with Crippen LogP contribution in [0.3, 0.4) is 0 Å². The van der Waals surface area contributed by atoms with Gasteiger partial charge in [0.2, 0.25) is 0 Å². The Bertz CT molecular complexity index is 1030. The molecule has 138 valence electrons. The Balaban J connectivity index is 2.26. The average molecular weight is 363 g/mol. The molecule has 0 aromatic heterocycles. The van der Waals surface area contributed by atoms with Crippen molar-refractivity contribution in [1.82, 2.24) is 5.32 Å². The molecule has 0 aliphatic rings. The van der Waals surface area contributed by atoms with Crippen molar-refractivity contribution >= 4 is 11.1 Å². The van der Waals surface area contributed by atoms with Crippen molar-refractivity contribution in [1.29, 1.82) is 0 Å².